The van der Waals surface area contributed by atoms with E-state index in [1.54, 1.807) is 30.3 Å². The Morgan fingerprint density at radius 1 is 1.04 bits per heavy atom. The highest BCUT2D eigenvalue weighted by atomic mass is 35.5. The van der Waals surface area contributed by atoms with Crippen molar-refractivity contribution in [3.8, 4) is 0 Å². The number of rotatable bonds is 4. The first-order valence-electron chi connectivity index (χ1n) is 9.19. The van der Waals surface area contributed by atoms with Crippen LogP contribution in [0.2, 0.25) is 0 Å². The first-order valence-corrected chi connectivity index (χ1v) is 10.6. The molecule has 1 aromatic carbocycles. The van der Waals surface area contributed by atoms with Gasteiger partial charge in [-0.2, -0.15) is 4.31 Å². The van der Waals surface area contributed by atoms with Crippen molar-refractivity contribution in [3.63, 3.8) is 0 Å². The van der Waals surface area contributed by atoms with Gasteiger partial charge in [-0.25, -0.2) is 8.42 Å². The second-order valence-corrected chi connectivity index (χ2v) is 9.05. The number of amides is 1. The summed E-state index contributed by atoms with van der Waals surface area (Å²) in [5.74, 6) is 0.202. The smallest absolute Gasteiger partial charge is 0.243 e. The van der Waals surface area contributed by atoms with Crippen LogP contribution in [0.3, 0.4) is 0 Å². The monoisotopic (exact) mass is 413 g/mol. The van der Waals surface area contributed by atoms with Gasteiger partial charge >= 0.3 is 0 Å². The zero-order valence-electron chi connectivity index (χ0n) is 15.4. The molecule has 150 valence electrons. The topological polar surface area (TPSA) is 83.7 Å². The molecule has 0 spiro atoms. The predicted octanol–water partition coefficient (Wildman–Crippen LogP) is 2.10. The maximum atomic E-state index is 12.8. The van der Waals surface area contributed by atoms with Gasteiger partial charge in [-0.05, 0) is 43.4 Å². The molecule has 2 N–H and O–H groups in total. The van der Waals surface area contributed by atoms with E-state index < -0.39 is 10.0 Å². The van der Waals surface area contributed by atoms with Crippen LogP contribution in [-0.2, 0) is 14.8 Å². The van der Waals surface area contributed by atoms with E-state index in [0.29, 0.717) is 26.2 Å². The second kappa shape index (κ2) is 9.19. The van der Waals surface area contributed by atoms with Gasteiger partial charge in [-0.3, -0.25) is 4.79 Å². The molecule has 1 aliphatic carbocycles. The molecular weight excluding hydrogens is 386 g/mol. The first kappa shape index (κ1) is 21.9. The number of sulfonamides is 1. The van der Waals surface area contributed by atoms with E-state index in [4.69, 9.17) is 5.73 Å². The quantitative estimate of drug-likeness (QED) is 0.819. The summed E-state index contributed by atoms with van der Waals surface area (Å²) in [7, 11) is -3.52. The number of nitrogens with two attached hydrogens (primary N) is 1. The van der Waals surface area contributed by atoms with Gasteiger partial charge in [0.25, 0.3) is 0 Å². The van der Waals surface area contributed by atoms with Crippen molar-refractivity contribution in [2.45, 2.75) is 36.6 Å². The highest BCUT2D eigenvalue weighted by Gasteiger charge is 2.33. The van der Waals surface area contributed by atoms with E-state index in [9.17, 15) is 13.2 Å². The maximum absolute atomic E-state index is 12.8. The van der Waals surface area contributed by atoms with Crippen LogP contribution < -0.4 is 5.73 Å². The lowest BCUT2D eigenvalue weighted by Crippen LogP contribution is -2.52. The van der Waals surface area contributed by atoms with Crippen molar-refractivity contribution in [1.29, 1.82) is 0 Å². The van der Waals surface area contributed by atoms with Gasteiger partial charge in [-0.1, -0.05) is 24.8 Å². The minimum atomic E-state index is -3.52. The third kappa shape index (κ3) is 4.90. The van der Waals surface area contributed by atoms with Gasteiger partial charge in [0.2, 0.25) is 15.9 Å². The second-order valence-electron chi connectivity index (χ2n) is 7.11. The van der Waals surface area contributed by atoms with Crippen LogP contribution in [0.4, 0.5) is 0 Å². The molecule has 0 aromatic heterocycles. The standard InChI is InChI=1S/C19H27N3O3S.ClH/c1-2-15-3-9-18(10-4-15)26(24,25)22-13-11-21(12-14-22)19(23)16-5-7-17(20)8-6-16;/h2-4,9-10,16-17H,1,5-8,11-14,20H2;1H. The zero-order chi connectivity index (χ0) is 18.7. The molecule has 2 fully saturated rings. The molecule has 1 amide bonds. The molecule has 0 radical (unpaired) electrons. The molecule has 0 bridgehead atoms. The largest absolute Gasteiger partial charge is 0.340 e. The van der Waals surface area contributed by atoms with Gasteiger partial charge in [0, 0.05) is 38.1 Å². The van der Waals surface area contributed by atoms with Gasteiger partial charge in [0.05, 0.1) is 4.90 Å². The molecule has 8 heteroatoms. The van der Waals surface area contributed by atoms with Crippen molar-refractivity contribution in [2.75, 3.05) is 26.2 Å². The third-order valence-corrected chi connectivity index (χ3v) is 7.34. The van der Waals surface area contributed by atoms with Crippen LogP contribution in [0, 0.1) is 5.92 Å². The van der Waals surface area contributed by atoms with Crippen LogP contribution in [0.5, 0.6) is 0 Å². The van der Waals surface area contributed by atoms with E-state index >= 15 is 0 Å². The normalized spacial score (nSPS) is 24.1. The molecule has 3 rings (SSSR count). The van der Waals surface area contributed by atoms with Crippen LogP contribution in [0.1, 0.15) is 31.2 Å². The molecule has 27 heavy (non-hydrogen) atoms. The fourth-order valence-electron chi connectivity index (χ4n) is 3.70. The first-order chi connectivity index (χ1) is 12.4. The fourth-order valence-corrected chi connectivity index (χ4v) is 5.12. The van der Waals surface area contributed by atoms with Crippen molar-refractivity contribution >= 4 is 34.4 Å². The van der Waals surface area contributed by atoms with E-state index in [1.807, 2.05) is 4.90 Å². The van der Waals surface area contributed by atoms with Gasteiger partial charge < -0.3 is 10.6 Å². The van der Waals surface area contributed by atoms with Crippen LogP contribution in [-0.4, -0.2) is 55.8 Å². The third-order valence-electron chi connectivity index (χ3n) is 5.42. The summed E-state index contributed by atoms with van der Waals surface area (Å²) in [5, 5.41) is 0. The van der Waals surface area contributed by atoms with Crippen LogP contribution >= 0.6 is 12.4 Å². The number of hydrogen-bond donors (Lipinski definition) is 1. The maximum Gasteiger partial charge on any atom is 0.243 e. The number of nitrogens with zero attached hydrogens (tertiary/aromatic N) is 2. The lowest BCUT2D eigenvalue weighted by Gasteiger charge is -2.37. The Labute approximate surface area is 167 Å². The summed E-state index contributed by atoms with van der Waals surface area (Å²) in [4.78, 5) is 14.8. The highest BCUT2D eigenvalue weighted by molar-refractivity contribution is 7.89. The fraction of sp³-hybridized carbons (Fsp3) is 0.526. The summed E-state index contributed by atoms with van der Waals surface area (Å²) in [6, 6.07) is 6.92. The Bertz CT molecular complexity index is 751. The Hall–Kier alpha value is -1.41. The van der Waals surface area contributed by atoms with Crippen molar-refractivity contribution in [3.05, 3.63) is 36.4 Å². The summed E-state index contributed by atoms with van der Waals surface area (Å²) in [5.41, 5.74) is 6.79. The Morgan fingerprint density at radius 3 is 2.11 bits per heavy atom. The lowest BCUT2D eigenvalue weighted by atomic mass is 9.85. The van der Waals surface area contributed by atoms with Gasteiger partial charge in [0.1, 0.15) is 0 Å². The highest BCUT2D eigenvalue weighted by Crippen LogP contribution is 2.26. The summed E-state index contributed by atoms with van der Waals surface area (Å²) in [6.07, 6.45) is 5.15. The molecule has 2 aliphatic rings. The summed E-state index contributed by atoms with van der Waals surface area (Å²) < 4.78 is 27.0. The number of carbonyl (C=O) groups is 1. The predicted molar refractivity (Wildman–Crippen MR) is 109 cm³/mol. The molecule has 1 aliphatic heterocycles. The molecule has 6 nitrogen and oxygen atoms in total. The Balaban J connectivity index is 0.00000261. The van der Waals surface area contributed by atoms with E-state index in [0.717, 1.165) is 31.2 Å². The molecule has 1 aromatic rings. The average Bonchev–Trinajstić information content (AvgIpc) is 2.68. The minimum absolute atomic E-state index is 0. The molecule has 1 saturated heterocycles. The molecule has 1 heterocycles. The molecule has 0 unspecified atom stereocenters. The number of carbonyl (C=O) groups excluding carboxylic acids is 1. The molecule has 0 atom stereocenters. The number of hydrogen-bond acceptors (Lipinski definition) is 4. The zero-order valence-corrected chi connectivity index (χ0v) is 17.1. The summed E-state index contributed by atoms with van der Waals surface area (Å²) in [6.45, 7) is 5.25. The SMILES string of the molecule is C=Cc1ccc(S(=O)(=O)N2CCN(C(=O)C3CCC(N)CC3)CC2)cc1.Cl. The van der Waals surface area contributed by atoms with Crippen molar-refractivity contribution in [2.24, 2.45) is 11.7 Å². The van der Waals surface area contributed by atoms with Crippen molar-refractivity contribution < 1.29 is 13.2 Å². The Kier molecular flexibility index (Phi) is 7.45. The lowest BCUT2D eigenvalue weighted by molar-refractivity contribution is -0.137. The number of benzene rings is 1. The Morgan fingerprint density at radius 2 is 1.59 bits per heavy atom. The number of piperazine rings is 1. The molecular formula is C19H28ClN3O3S. The molecule has 1 saturated carbocycles. The average molecular weight is 414 g/mol. The van der Waals surface area contributed by atoms with Crippen molar-refractivity contribution in [1.82, 2.24) is 9.21 Å². The van der Waals surface area contributed by atoms with Crippen LogP contribution in [0.25, 0.3) is 6.08 Å². The van der Waals surface area contributed by atoms with Crippen LogP contribution in [0.15, 0.2) is 35.7 Å². The minimum Gasteiger partial charge on any atom is -0.340 e. The van der Waals surface area contributed by atoms with Gasteiger partial charge in [0.15, 0.2) is 0 Å². The van der Waals surface area contributed by atoms with Gasteiger partial charge in [-0.15, -0.1) is 12.4 Å². The van der Waals surface area contributed by atoms with E-state index in [1.165, 1.54) is 4.31 Å². The van der Waals surface area contributed by atoms with E-state index in [2.05, 4.69) is 6.58 Å². The van der Waals surface area contributed by atoms with E-state index in [-0.39, 0.29) is 35.2 Å². The summed E-state index contributed by atoms with van der Waals surface area (Å²) >= 11 is 0. The number of halogens is 1.